The average molecular weight is 395 g/mol. The molecule has 0 radical (unpaired) electrons. The van der Waals surface area contributed by atoms with Crippen molar-refractivity contribution in [3.05, 3.63) is 68.9 Å². The molecule has 0 aromatic carbocycles. The molecule has 2 amide bonds. The van der Waals surface area contributed by atoms with Crippen molar-refractivity contribution in [1.29, 1.82) is 0 Å². The number of amides is 2. The van der Waals surface area contributed by atoms with Gasteiger partial charge in [0.05, 0.1) is 30.9 Å². The van der Waals surface area contributed by atoms with E-state index >= 15 is 0 Å². The average Bonchev–Trinajstić information content (AvgIpc) is 3.35. The van der Waals surface area contributed by atoms with Crippen molar-refractivity contribution < 1.29 is 9.59 Å². The fourth-order valence-electron chi connectivity index (χ4n) is 3.34. The molecular weight excluding hydrogens is 374 g/mol. The molecule has 0 unspecified atom stereocenters. The first-order valence-electron chi connectivity index (χ1n) is 9.16. The maximum absolute atomic E-state index is 12.6. The molecule has 0 atom stereocenters. The van der Waals surface area contributed by atoms with Crippen LogP contribution in [-0.4, -0.2) is 38.4 Å². The van der Waals surface area contributed by atoms with E-state index < -0.39 is 0 Å². The largest absolute Gasteiger partial charge is 0.345 e. The summed E-state index contributed by atoms with van der Waals surface area (Å²) in [5, 5.41) is 12.0. The number of carbonyl (C=O) groups excluding carboxylic acids is 2. The summed E-state index contributed by atoms with van der Waals surface area (Å²) in [6.07, 6.45) is 2.76. The summed E-state index contributed by atoms with van der Waals surface area (Å²) in [6, 6.07) is 7.78. The van der Waals surface area contributed by atoms with E-state index in [0.29, 0.717) is 38.2 Å². The van der Waals surface area contributed by atoms with E-state index in [0.717, 1.165) is 27.4 Å². The summed E-state index contributed by atoms with van der Waals surface area (Å²) in [5.41, 5.74) is 4.05. The first-order valence-corrected chi connectivity index (χ1v) is 10.0. The lowest BCUT2D eigenvalue weighted by molar-refractivity contribution is -0.131. The lowest BCUT2D eigenvalue weighted by Crippen LogP contribution is -2.37. The fourth-order valence-corrected chi connectivity index (χ4v) is 4.04. The van der Waals surface area contributed by atoms with Gasteiger partial charge in [0.15, 0.2) is 5.69 Å². The Morgan fingerprint density at radius 3 is 3.04 bits per heavy atom. The molecule has 28 heavy (non-hydrogen) atoms. The summed E-state index contributed by atoms with van der Waals surface area (Å²) in [7, 11) is 0. The van der Waals surface area contributed by atoms with E-state index in [9.17, 15) is 9.59 Å². The minimum atomic E-state index is -0.223. The minimum Gasteiger partial charge on any atom is -0.345 e. The van der Waals surface area contributed by atoms with Crippen LogP contribution in [0.3, 0.4) is 0 Å². The molecule has 0 fully saturated rings. The summed E-state index contributed by atoms with van der Waals surface area (Å²) in [4.78, 5) is 32.2. The van der Waals surface area contributed by atoms with Gasteiger partial charge < -0.3 is 10.2 Å². The van der Waals surface area contributed by atoms with E-state index in [-0.39, 0.29) is 11.8 Å². The van der Waals surface area contributed by atoms with Gasteiger partial charge in [-0.15, -0.1) is 11.3 Å². The summed E-state index contributed by atoms with van der Waals surface area (Å²) in [6.45, 7) is 3.39. The molecule has 0 saturated carbocycles. The molecule has 1 aliphatic rings. The monoisotopic (exact) mass is 395 g/mol. The zero-order valence-corrected chi connectivity index (χ0v) is 16.4. The van der Waals surface area contributed by atoms with Crippen molar-refractivity contribution in [2.24, 2.45) is 0 Å². The zero-order valence-electron chi connectivity index (χ0n) is 15.6. The number of H-pyrrole nitrogens is 1. The predicted octanol–water partition coefficient (Wildman–Crippen LogP) is 2.23. The number of fused-ring (bicyclic) bond motifs is 1. The van der Waals surface area contributed by atoms with E-state index in [1.165, 1.54) is 0 Å². The summed E-state index contributed by atoms with van der Waals surface area (Å²) < 4.78 is 0. The number of hydrogen-bond acceptors (Lipinski definition) is 5. The number of rotatable bonds is 5. The molecule has 1 aliphatic heterocycles. The number of aryl methyl sites for hydroxylation is 1. The topological polar surface area (TPSA) is 91.0 Å². The standard InChI is InChI=1S/C20H21N5O2S/c1-13-4-6-21-14(9-13)11-22-20(27)19-16-5-7-25(12-17(16)23-24-19)18(26)10-15-3-2-8-28-15/h2-4,6,8-9H,5,7,10-12H2,1H3,(H,22,27)(H,23,24). The number of aromatic nitrogens is 3. The molecule has 4 heterocycles. The van der Waals surface area contributed by atoms with Gasteiger partial charge in [0.2, 0.25) is 5.91 Å². The molecule has 2 N–H and O–H groups in total. The predicted molar refractivity (Wildman–Crippen MR) is 106 cm³/mol. The number of thiophene rings is 1. The van der Waals surface area contributed by atoms with Gasteiger partial charge in [-0.2, -0.15) is 5.10 Å². The second kappa shape index (κ2) is 7.93. The Hall–Kier alpha value is -3.00. The normalized spacial score (nSPS) is 13.2. The number of nitrogens with one attached hydrogen (secondary N) is 2. The van der Waals surface area contributed by atoms with Gasteiger partial charge in [0, 0.05) is 23.2 Å². The second-order valence-electron chi connectivity index (χ2n) is 6.86. The van der Waals surface area contributed by atoms with Crippen LogP contribution in [0.1, 0.15) is 37.9 Å². The van der Waals surface area contributed by atoms with E-state index in [1.807, 2.05) is 41.5 Å². The van der Waals surface area contributed by atoms with Gasteiger partial charge in [-0.3, -0.25) is 19.7 Å². The SMILES string of the molecule is Cc1ccnc(CNC(=O)c2n[nH]c3c2CCN(C(=O)Cc2cccs2)C3)c1. The number of nitrogens with zero attached hydrogens (tertiary/aromatic N) is 3. The molecule has 0 spiro atoms. The van der Waals surface area contributed by atoms with Crippen LogP contribution in [0.2, 0.25) is 0 Å². The summed E-state index contributed by atoms with van der Waals surface area (Å²) in [5.74, 6) is -0.126. The second-order valence-corrected chi connectivity index (χ2v) is 7.89. The molecule has 3 aromatic rings. The molecule has 144 valence electrons. The van der Waals surface area contributed by atoms with Crippen LogP contribution >= 0.6 is 11.3 Å². The first kappa shape index (κ1) is 18.4. The van der Waals surface area contributed by atoms with Gasteiger partial charge in [-0.25, -0.2) is 0 Å². The van der Waals surface area contributed by atoms with Crippen LogP contribution in [0.25, 0.3) is 0 Å². The highest BCUT2D eigenvalue weighted by Gasteiger charge is 2.27. The highest BCUT2D eigenvalue weighted by Crippen LogP contribution is 2.21. The zero-order chi connectivity index (χ0) is 19.5. The van der Waals surface area contributed by atoms with Crippen molar-refractivity contribution in [2.75, 3.05) is 6.54 Å². The Bertz CT molecular complexity index is 996. The maximum Gasteiger partial charge on any atom is 0.272 e. The van der Waals surface area contributed by atoms with Crippen molar-refractivity contribution in [3.8, 4) is 0 Å². The van der Waals surface area contributed by atoms with Crippen molar-refractivity contribution >= 4 is 23.2 Å². The van der Waals surface area contributed by atoms with Crippen LogP contribution in [0, 0.1) is 6.92 Å². The molecule has 0 bridgehead atoms. The van der Waals surface area contributed by atoms with Crippen LogP contribution in [0.15, 0.2) is 35.8 Å². The van der Waals surface area contributed by atoms with Crippen molar-refractivity contribution in [3.63, 3.8) is 0 Å². The van der Waals surface area contributed by atoms with Gasteiger partial charge in [-0.1, -0.05) is 6.07 Å². The van der Waals surface area contributed by atoms with Crippen molar-refractivity contribution in [2.45, 2.75) is 32.9 Å². The molecule has 7 nitrogen and oxygen atoms in total. The Labute approximate surface area is 166 Å². The summed E-state index contributed by atoms with van der Waals surface area (Å²) >= 11 is 1.59. The lowest BCUT2D eigenvalue weighted by atomic mass is 10.0. The highest BCUT2D eigenvalue weighted by molar-refractivity contribution is 7.10. The highest BCUT2D eigenvalue weighted by atomic mass is 32.1. The Morgan fingerprint density at radius 2 is 2.25 bits per heavy atom. The third-order valence-corrected chi connectivity index (χ3v) is 5.69. The third-order valence-electron chi connectivity index (χ3n) is 4.81. The number of pyridine rings is 1. The first-order chi connectivity index (χ1) is 13.6. The van der Waals surface area contributed by atoms with E-state index in [4.69, 9.17) is 0 Å². The van der Waals surface area contributed by atoms with E-state index in [1.54, 1.807) is 17.5 Å². The Kier molecular flexibility index (Phi) is 5.21. The van der Waals surface area contributed by atoms with Crippen LogP contribution in [-0.2, 0) is 30.7 Å². The minimum absolute atomic E-state index is 0.0965. The molecule has 0 aliphatic carbocycles. The Morgan fingerprint density at radius 1 is 1.36 bits per heavy atom. The molecule has 4 rings (SSSR count). The quantitative estimate of drug-likeness (QED) is 0.693. The molecular formula is C20H21N5O2S. The molecule has 3 aromatic heterocycles. The smallest absolute Gasteiger partial charge is 0.272 e. The van der Waals surface area contributed by atoms with Crippen molar-refractivity contribution in [1.82, 2.24) is 25.4 Å². The van der Waals surface area contributed by atoms with Crippen LogP contribution in [0.4, 0.5) is 0 Å². The lowest BCUT2D eigenvalue weighted by Gasteiger charge is -2.26. The van der Waals surface area contributed by atoms with Gasteiger partial charge in [0.25, 0.3) is 5.91 Å². The number of hydrogen-bond donors (Lipinski definition) is 2. The van der Waals surface area contributed by atoms with Gasteiger partial charge >= 0.3 is 0 Å². The third kappa shape index (κ3) is 3.96. The molecule has 0 saturated heterocycles. The fraction of sp³-hybridized carbons (Fsp3) is 0.300. The number of aromatic amines is 1. The number of carbonyl (C=O) groups is 2. The van der Waals surface area contributed by atoms with E-state index in [2.05, 4.69) is 20.5 Å². The van der Waals surface area contributed by atoms with Gasteiger partial charge in [0.1, 0.15) is 0 Å². The Balaban J connectivity index is 1.39. The molecule has 8 heteroatoms. The maximum atomic E-state index is 12.6. The van der Waals surface area contributed by atoms with Crippen LogP contribution < -0.4 is 5.32 Å². The van der Waals surface area contributed by atoms with Crippen LogP contribution in [0.5, 0.6) is 0 Å². The van der Waals surface area contributed by atoms with Gasteiger partial charge in [-0.05, 0) is 42.5 Å².